The molecule has 4 aliphatic rings. The zero-order valence-corrected chi connectivity index (χ0v) is 66.6. The lowest BCUT2D eigenvalue weighted by atomic mass is 10.0. The fourth-order valence-electron chi connectivity index (χ4n) is 11.6. The fourth-order valence-corrected chi connectivity index (χ4v) is 15.7. The molecule has 0 spiro atoms. The van der Waals surface area contributed by atoms with Crippen LogP contribution in [0.3, 0.4) is 0 Å². The number of Topliss-reactive ketones (excluding diaryl/α,β-unsaturated/α-hetero) is 2. The lowest BCUT2D eigenvalue weighted by molar-refractivity contribution is -0.121. The van der Waals surface area contributed by atoms with Crippen molar-refractivity contribution in [3.63, 3.8) is 0 Å². The number of carbonyl (C=O) groups excluding carboxylic acids is 3. The van der Waals surface area contributed by atoms with Crippen molar-refractivity contribution in [2.45, 2.75) is 330 Å². The molecule has 0 saturated carbocycles. The van der Waals surface area contributed by atoms with Gasteiger partial charge in [-0.15, -0.1) is 0 Å². The van der Waals surface area contributed by atoms with Gasteiger partial charge in [0.1, 0.15) is 36.0 Å². The summed E-state index contributed by atoms with van der Waals surface area (Å²) in [6, 6.07) is 0. The molecular formula is C70H135NO24P4. The third-order valence-electron chi connectivity index (χ3n) is 17.0. The first-order valence-electron chi connectivity index (χ1n) is 36.7. The predicted molar refractivity (Wildman–Crippen MR) is 395 cm³/mol. The zero-order chi connectivity index (χ0) is 73.9. The molecule has 0 aromatic carbocycles. The molecule has 25 nitrogen and oxygen atoms in total. The molecule has 19 atom stereocenters. The quantitative estimate of drug-likeness (QED) is 0.0279. The molecule has 19 unspecified atom stereocenters. The minimum atomic E-state index is -3.50. The fraction of sp³-hybridized carbons (Fsp3) is 0.900. The van der Waals surface area contributed by atoms with Crippen molar-refractivity contribution >= 4 is 72.9 Å². The third-order valence-corrected chi connectivity index (χ3v) is 21.5. The second-order valence-electron chi connectivity index (χ2n) is 28.2. The molecule has 0 aliphatic carbocycles. The van der Waals surface area contributed by atoms with Crippen LogP contribution in [0.15, 0.2) is 0 Å². The van der Waals surface area contributed by atoms with Crippen molar-refractivity contribution in [3.8, 4) is 0 Å². The summed E-state index contributed by atoms with van der Waals surface area (Å²) in [5.41, 5.74) is 0. The van der Waals surface area contributed by atoms with E-state index in [0.717, 1.165) is 57.8 Å². The molecule has 584 valence electrons. The first kappa shape index (κ1) is 92.4. The highest BCUT2D eigenvalue weighted by molar-refractivity contribution is 7.59. The summed E-state index contributed by atoms with van der Waals surface area (Å²) in [5, 5.41) is 2.88. The van der Waals surface area contributed by atoms with Crippen molar-refractivity contribution in [1.82, 2.24) is 5.32 Å². The summed E-state index contributed by atoms with van der Waals surface area (Å²) in [4.78, 5) is 79.5. The highest BCUT2D eigenvalue weighted by Crippen LogP contribution is 2.51. The Kier molecular flexibility index (Phi) is 45.2. The first-order valence-corrected chi connectivity index (χ1v) is 43.7. The number of amides is 1. The van der Waals surface area contributed by atoms with E-state index in [9.17, 15) is 34.0 Å². The van der Waals surface area contributed by atoms with E-state index in [0.29, 0.717) is 90.6 Å². The van der Waals surface area contributed by atoms with Crippen LogP contribution in [0.1, 0.15) is 226 Å². The Morgan fingerprint density at radius 2 is 0.798 bits per heavy atom. The number of ether oxygens (including phenoxy) is 9. The molecule has 4 fully saturated rings. The number of hydrogen-bond donors (Lipinski definition) is 5. The van der Waals surface area contributed by atoms with E-state index in [4.69, 9.17) is 78.8 Å². The van der Waals surface area contributed by atoms with E-state index in [2.05, 4.69) is 30.5 Å². The summed E-state index contributed by atoms with van der Waals surface area (Å²) in [6.07, 6.45) is 25.8. The minimum Gasteiger partial charge on any atom is -0.376 e. The van der Waals surface area contributed by atoms with Crippen molar-refractivity contribution in [1.29, 1.82) is 0 Å². The number of unbranched alkanes of at least 4 members (excludes halogenated alkanes) is 5. The molecule has 4 rings (SSSR count). The average Bonchev–Trinajstić information content (AvgIpc) is 1.75. The Morgan fingerprint density at radius 1 is 0.434 bits per heavy atom. The van der Waals surface area contributed by atoms with Gasteiger partial charge in [-0.05, 0) is 140 Å². The number of nitrogens with one attached hydrogen (secondary N) is 1. The van der Waals surface area contributed by atoms with Crippen molar-refractivity contribution in [2.75, 3.05) is 66.0 Å². The van der Waals surface area contributed by atoms with Crippen LogP contribution in [0.5, 0.6) is 0 Å². The summed E-state index contributed by atoms with van der Waals surface area (Å²) >= 11 is 0. The Morgan fingerprint density at radius 3 is 1.18 bits per heavy atom. The molecule has 0 bridgehead atoms. The molecule has 4 aliphatic heterocycles. The van der Waals surface area contributed by atoms with E-state index in [1.807, 2.05) is 96.9 Å². The van der Waals surface area contributed by atoms with Crippen molar-refractivity contribution in [2.24, 2.45) is 11.8 Å². The van der Waals surface area contributed by atoms with Gasteiger partial charge in [0.15, 0.2) is 0 Å². The highest BCUT2D eigenvalue weighted by Gasteiger charge is 2.41. The Bertz CT molecular complexity index is 2420. The number of rotatable bonds is 54. The third kappa shape index (κ3) is 41.8. The van der Waals surface area contributed by atoms with Gasteiger partial charge in [0.05, 0.1) is 132 Å². The van der Waals surface area contributed by atoms with Gasteiger partial charge in [-0.1, -0.05) is 52.9 Å². The molecule has 4 saturated heterocycles. The number of ketones is 2. The Balaban J connectivity index is 0.000000528. The maximum Gasteiger partial charge on any atom is 0.248 e. The molecule has 29 heteroatoms. The Labute approximate surface area is 595 Å². The van der Waals surface area contributed by atoms with Gasteiger partial charge >= 0.3 is 0 Å². The van der Waals surface area contributed by atoms with Gasteiger partial charge in [-0.3, -0.25) is 14.4 Å². The lowest BCUT2D eigenvalue weighted by Crippen LogP contribution is -2.33. The van der Waals surface area contributed by atoms with Crippen LogP contribution in [-0.4, -0.2) is 232 Å². The molecule has 4 heterocycles. The predicted octanol–water partition coefficient (Wildman–Crippen LogP) is 12.5. The summed E-state index contributed by atoms with van der Waals surface area (Å²) in [6.45, 7) is 31.2. The molecular weight excluding hydrogens is 1360 g/mol. The highest BCUT2D eigenvalue weighted by atomic mass is 31.2. The van der Waals surface area contributed by atoms with E-state index in [1.165, 1.54) is 0 Å². The topological polar surface area (TPSA) is 301 Å². The summed E-state index contributed by atoms with van der Waals surface area (Å²) in [5.74, 6) is -0.0412. The van der Waals surface area contributed by atoms with E-state index in [-0.39, 0.29) is 161 Å². The molecule has 0 radical (unpaired) electrons. The SMILES string of the molecule is C=P(O)(OCC(CCCCCC(=O)CC)COP(=C)(O)OC1CC(C)OC1COC(C)C)OCC1OC(C)CC1OC(C)C.C=P(O)(OCC(CCCCCCOC(CCC(=O)CC)CNC(=O)CC)COP(=C)(O)OC1CC(C)OC1COC(C)C)OCC1OC(C)CC1OC(C)C. The van der Waals surface area contributed by atoms with Crippen molar-refractivity contribution in [3.05, 3.63) is 0 Å². The molecule has 5 N–H and O–H groups in total. The van der Waals surface area contributed by atoms with Gasteiger partial charge < -0.3 is 104 Å². The average molecular weight is 1500 g/mol. The van der Waals surface area contributed by atoms with Crippen LogP contribution in [0.2, 0.25) is 0 Å². The summed E-state index contributed by atoms with van der Waals surface area (Å²) in [7, 11) is -13.9. The number of hydrogen-bond acceptors (Lipinski definition) is 24. The van der Waals surface area contributed by atoms with Gasteiger partial charge in [-0.25, -0.2) is 0 Å². The van der Waals surface area contributed by atoms with Gasteiger partial charge in [0.25, 0.3) is 0 Å². The zero-order valence-electron chi connectivity index (χ0n) is 63.0. The molecule has 99 heavy (non-hydrogen) atoms. The normalized spacial score (nSPS) is 27.6. The maximum absolute atomic E-state index is 11.9. The second kappa shape index (κ2) is 48.5. The van der Waals surface area contributed by atoms with Crippen LogP contribution in [0.25, 0.3) is 0 Å². The smallest absolute Gasteiger partial charge is 0.248 e. The van der Waals surface area contributed by atoms with Gasteiger partial charge in [0, 0.05) is 82.8 Å². The van der Waals surface area contributed by atoms with Crippen LogP contribution in [-0.2, 0) is 93.2 Å². The van der Waals surface area contributed by atoms with E-state index in [1.54, 1.807) is 6.92 Å². The Hall–Kier alpha value is -0.830. The standard InChI is InChI=1S/C39H75NO13P2.C31H60O11P2/c1-11-33(41)18-19-34(23-40-39(42)12-2)45-20-16-14-13-15-17-32(24-47-54(9,43)49-27-38-35(50-29(5)6)21-30(7)52-38)25-48-55(10,44)53-36-22-31(8)51-37(36)26-46-28(3)4;1-10-27(32)15-13-11-12-14-26(18-36-43(8,33)38-21-31-28(39-23(4)5)16-24(6)41-31)19-37-44(9,34)42-29-17-25(7)40-30(29)20-35-22(2)3/h28-32,34-38,43-44H,9-27H2,1-8H3,(H,40,42);22-26,28-31,33-34H,8-21H2,1-7H3. The second-order valence-corrected chi connectivity index (χ2v) is 35.3. The summed E-state index contributed by atoms with van der Waals surface area (Å²) < 4.78 is 100. The van der Waals surface area contributed by atoms with Gasteiger partial charge in [0.2, 0.25) is 36.2 Å². The van der Waals surface area contributed by atoms with Crippen LogP contribution in [0.4, 0.5) is 0 Å². The van der Waals surface area contributed by atoms with Crippen molar-refractivity contribution < 1.29 is 113 Å². The van der Waals surface area contributed by atoms with Crippen LogP contribution >= 0.6 is 30.3 Å². The largest absolute Gasteiger partial charge is 0.376 e. The van der Waals surface area contributed by atoms with Gasteiger partial charge in [-0.2, -0.15) is 0 Å². The minimum absolute atomic E-state index is 0.0120. The van der Waals surface area contributed by atoms with Crippen LogP contribution in [0, 0.1) is 11.8 Å². The number of carbonyl (C=O) groups is 3. The molecule has 1 amide bonds. The van der Waals surface area contributed by atoms with E-state index < -0.39 is 42.5 Å². The molecule has 0 aromatic rings. The maximum atomic E-state index is 11.9. The monoisotopic (exact) mass is 1500 g/mol. The lowest BCUT2D eigenvalue weighted by Gasteiger charge is -2.28. The molecule has 0 aromatic heterocycles. The first-order chi connectivity index (χ1) is 46.5. The van der Waals surface area contributed by atoms with Crippen LogP contribution < -0.4 is 5.32 Å². The van der Waals surface area contributed by atoms with E-state index >= 15 is 0 Å².